The first-order valence-electron chi connectivity index (χ1n) is 8.11. The quantitative estimate of drug-likeness (QED) is 0.600. The van der Waals surface area contributed by atoms with Crippen molar-refractivity contribution >= 4 is 28.9 Å². The second-order valence-electron chi connectivity index (χ2n) is 5.64. The van der Waals surface area contributed by atoms with Gasteiger partial charge in [0, 0.05) is 21.6 Å². The minimum absolute atomic E-state index is 0.276. The van der Waals surface area contributed by atoms with Crippen molar-refractivity contribution in [3.05, 3.63) is 45.8 Å². The summed E-state index contributed by atoms with van der Waals surface area (Å²) in [6.07, 6.45) is 2.38. The lowest BCUT2D eigenvalue weighted by atomic mass is 9.86. The SMILES string of the molecule is CCCCc1c(C(=O)OCC)sc2c1C(=O)C(=O)c1ccccc1-2. The molecule has 2 aromatic rings. The standard InChI is InChI=1S/C19H18O4S/c1-3-5-8-13-14-16(21)15(20)11-9-6-7-10-12(11)17(14)24-18(13)19(22)23-4-2/h6-7,9-10H,3-5,8H2,1-2H3. The zero-order valence-corrected chi connectivity index (χ0v) is 14.5. The second kappa shape index (κ2) is 6.69. The van der Waals surface area contributed by atoms with E-state index in [4.69, 9.17) is 4.74 Å². The largest absolute Gasteiger partial charge is 0.462 e. The molecule has 0 aliphatic heterocycles. The lowest BCUT2D eigenvalue weighted by molar-refractivity contribution is 0.0530. The second-order valence-corrected chi connectivity index (χ2v) is 6.66. The summed E-state index contributed by atoms with van der Waals surface area (Å²) < 4.78 is 5.15. The topological polar surface area (TPSA) is 60.4 Å². The van der Waals surface area contributed by atoms with Crippen LogP contribution in [0.5, 0.6) is 0 Å². The Hall–Kier alpha value is -2.27. The fourth-order valence-electron chi connectivity index (χ4n) is 2.96. The van der Waals surface area contributed by atoms with Crippen molar-refractivity contribution in [2.45, 2.75) is 33.1 Å². The Bertz CT molecular complexity index is 832. The summed E-state index contributed by atoms with van der Waals surface area (Å²) in [6, 6.07) is 7.07. The summed E-state index contributed by atoms with van der Waals surface area (Å²) in [5.41, 5.74) is 2.22. The van der Waals surface area contributed by atoms with Crippen LogP contribution in [0.1, 0.15) is 62.6 Å². The molecule has 1 heterocycles. The molecule has 124 valence electrons. The van der Waals surface area contributed by atoms with Crippen molar-refractivity contribution in [3.8, 4) is 10.4 Å². The summed E-state index contributed by atoms with van der Waals surface area (Å²) in [4.78, 5) is 38.6. The van der Waals surface area contributed by atoms with Crippen LogP contribution in [0.3, 0.4) is 0 Å². The molecular formula is C19H18O4S. The van der Waals surface area contributed by atoms with Gasteiger partial charge in [0.1, 0.15) is 4.88 Å². The Morgan fingerprint density at radius 3 is 2.46 bits per heavy atom. The van der Waals surface area contributed by atoms with Crippen LogP contribution in [0.25, 0.3) is 10.4 Å². The van der Waals surface area contributed by atoms with Crippen molar-refractivity contribution < 1.29 is 19.1 Å². The van der Waals surface area contributed by atoms with Crippen molar-refractivity contribution in [2.75, 3.05) is 6.61 Å². The molecule has 0 saturated heterocycles. The molecular weight excluding hydrogens is 324 g/mol. The Labute approximate surface area is 144 Å². The van der Waals surface area contributed by atoms with E-state index in [1.807, 2.05) is 19.1 Å². The highest BCUT2D eigenvalue weighted by atomic mass is 32.1. The first-order chi connectivity index (χ1) is 11.6. The van der Waals surface area contributed by atoms with Gasteiger partial charge in [-0.2, -0.15) is 0 Å². The number of hydrogen-bond donors (Lipinski definition) is 0. The number of Topliss-reactive ketones (excluding diaryl/α,β-unsaturated/α-hetero) is 2. The number of ether oxygens (including phenoxy) is 1. The lowest BCUT2D eigenvalue weighted by Crippen LogP contribution is -2.21. The first kappa shape index (κ1) is 16.6. The van der Waals surface area contributed by atoms with Gasteiger partial charge in [-0.1, -0.05) is 37.6 Å². The van der Waals surface area contributed by atoms with E-state index >= 15 is 0 Å². The number of carbonyl (C=O) groups excluding carboxylic acids is 3. The Morgan fingerprint density at radius 1 is 1.08 bits per heavy atom. The van der Waals surface area contributed by atoms with Crippen LogP contribution in [0.15, 0.2) is 24.3 Å². The Kier molecular flexibility index (Phi) is 4.62. The maximum atomic E-state index is 12.7. The molecule has 1 aromatic carbocycles. The summed E-state index contributed by atoms with van der Waals surface area (Å²) in [6.45, 7) is 4.07. The highest BCUT2D eigenvalue weighted by Crippen LogP contribution is 2.43. The molecule has 0 atom stereocenters. The molecule has 0 bridgehead atoms. The minimum atomic E-state index is -0.512. The normalized spacial score (nSPS) is 12.8. The average molecular weight is 342 g/mol. The van der Waals surface area contributed by atoms with Gasteiger partial charge in [-0.3, -0.25) is 9.59 Å². The number of benzene rings is 1. The molecule has 3 rings (SSSR count). The highest BCUT2D eigenvalue weighted by molar-refractivity contribution is 7.18. The summed E-state index contributed by atoms with van der Waals surface area (Å²) >= 11 is 1.26. The third-order valence-electron chi connectivity index (χ3n) is 4.10. The van der Waals surface area contributed by atoms with Crippen molar-refractivity contribution in [2.24, 2.45) is 0 Å². The molecule has 0 N–H and O–H groups in total. The van der Waals surface area contributed by atoms with Crippen LogP contribution < -0.4 is 0 Å². The van der Waals surface area contributed by atoms with E-state index < -0.39 is 17.5 Å². The minimum Gasteiger partial charge on any atom is -0.462 e. The predicted octanol–water partition coefficient (Wildman–Crippen LogP) is 4.31. The molecule has 24 heavy (non-hydrogen) atoms. The molecule has 0 saturated carbocycles. The van der Waals surface area contributed by atoms with Crippen LogP contribution in [0.2, 0.25) is 0 Å². The van der Waals surface area contributed by atoms with Gasteiger partial charge in [0.2, 0.25) is 11.6 Å². The summed E-state index contributed by atoms with van der Waals surface area (Å²) in [5.74, 6) is -1.42. The molecule has 1 aliphatic carbocycles. The van der Waals surface area contributed by atoms with Crippen LogP contribution in [-0.2, 0) is 11.2 Å². The van der Waals surface area contributed by atoms with E-state index in [1.54, 1.807) is 19.1 Å². The molecule has 0 fully saturated rings. The van der Waals surface area contributed by atoms with Gasteiger partial charge in [-0.25, -0.2) is 4.79 Å². The highest BCUT2D eigenvalue weighted by Gasteiger charge is 2.36. The maximum absolute atomic E-state index is 12.7. The van der Waals surface area contributed by atoms with E-state index in [-0.39, 0.29) is 6.61 Å². The van der Waals surface area contributed by atoms with Crippen LogP contribution in [0.4, 0.5) is 0 Å². The zero-order chi connectivity index (χ0) is 17.3. The van der Waals surface area contributed by atoms with Gasteiger partial charge in [0.15, 0.2) is 0 Å². The summed E-state index contributed by atoms with van der Waals surface area (Å²) in [5, 5.41) is 0. The number of carbonyl (C=O) groups is 3. The first-order valence-corrected chi connectivity index (χ1v) is 8.93. The van der Waals surface area contributed by atoms with Gasteiger partial charge in [-0.05, 0) is 25.3 Å². The molecule has 0 unspecified atom stereocenters. The van der Waals surface area contributed by atoms with Gasteiger partial charge in [0.25, 0.3) is 0 Å². The van der Waals surface area contributed by atoms with Crippen molar-refractivity contribution in [1.82, 2.24) is 0 Å². The van der Waals surface area contributed by atoms with Gasteiger partial charge in [0.05, 0.1) is 6.61 Å². The van der Waals surface area contributed by atoms with E-state index in [9.17, 15) is 14.4 Å². The van der Waals surface area contributed by atoms with E-state index in [1.165, 1.54) is 11.3 Å². The van der Waals surface area contributed by atoms with Crippen molar-refractivity contribution in [3.63, 3.8) is 0 Å². The van der Waals surface area contributed by atoms with E-state index in [0.29, 0.717) is 32.9 Å². The third-order valence-corrected chi connectivity index (χ3v) is 5.34. The molecule has 1 aromatic heterocycles. The number of fused-ring (bicyclic) bond motifs is 3. The molecule has 4 nitrogen and oxygen atoms in total. The Balaban J connectivity index is 2.23. The number of rotatable bonds is 5. The Morgan fingerprint density at radius 2 is 1.79 bits per heavy atom. The number of ketones is 2. The fourth-order valence-corrected chi connectivity index (χ4v) is 4.24. The predicted molar refractivity (Wildman–Crippen MR) is 93.0 cm³/mol. The van der Waals surface area contributed by atoms with Gasteiger partial charge in [-0.15, -0.1) is 11.3 Å². The number of esters is 1. The number of thiophene rings is 1. The molecule has 1 aliphatic rings. The number of hydrogen-bond acceptors (Lipinski definition) is 5. The third kappa shape index (κ3) is 2.59. The molecule has 0 amide bonds. The van der Waals surface area contributed by atoms with E-state index in [2.05, 4.69) is 0 Å². The molecule has 5 heteroatoms. The monoisotopic (exact) mass is 342 g/mol. The van der Waals surface area contributed by atoms with Gasteiger partial charge < -0.3 is 4.74 Å². The average Bonchev–Trinajstić information content (AvgIpc) is 2.98. The van der Waals surface area contributed by atoms with E-state index in [0.717, 1.165) is 18.4 Å². The summed E-state index contributed by atoms with van der Waals surface area (Å²) in [7, 11) is 0. The zero-order valence-electron chi connectivity index (χ0n) is 13.7. The maximum Gasteiger partial charge on any atom is 0.348 e. The lowest BCUT2D eigenvalue weighted by Gasteiger charge is -2.15. The van der Waals surface area contributed by atoms with Gasteiger partial charge >= 0.3 is 5.97 Å². The van der Waals surface area contributed by atoms with Crippen LogP contribution >= 0.6 is 11.3 Å². The van der Waals surface area contributed by atoms with Crippen molar-refractivity contribution in [1.29, 1.82) is 0 Å². The van der Waals surface area contributed by atoms with Crippen LogP contribution in [0, 0.1) is 0 Å². The molecule has 0 radical (unpaired) electrons. The smallest absolute Gasteiger partial charge is 0.348 e. The molecule has 0 spiro atoms. The van der Waals surface area contributed by atoms with Crippen LogP contribution in [-0.4, -0.2) is 24.1 Å². The number of unbranched alkanes of at least 4 members (excludes halogenated alkanes) is 1. The fraction of sp³-hybridized carbons (Fsp3) is 0.316.